The second-order valence-electron chi connectivity index (χ2n) is 7.77. The van der Waals surface area contributed by atoms with E-state index in [-0.39, 0.29) is 6.17 Å². The highest BCUT2D eigenvalue weighted by atomic mass is 16.5. The number of hydrogen-bond donors (Lipinski definition) is 0. The second kappa shape index (κ2) is 9.90. The number of carbonyl (C=O) groups excluding carboxylic acids is 1. The van der Waals surface area contributed by atoms with Gasteiger partial charge in [0.15, 0.2) is 11.9 Å². The smallest absolute Gasteiger partial charge is 0.161 e. The molecule has 0 aromatic heterocycles. The molecule has 9 nitrogen and oxygen atoms in total. The maximum atomic E-state index is 13.1. The van der Waals surface area contributed by atoms with Gasteiger partial charge in [0.2, 0.25) is 0 Å². The summed E-state index contributed by atoms with van der Waals surface area (Å²) in [7, 11) is 0. The number of carbonyl (C=O) groups is 1. The van der Waals surface area contributed by atoms with Crippen molar-refractivity contribution in [3.05, 3.63) is 0 Å². The summed E-state index contributed by atoms with van der Waals surface area (Å²) in [6.07, 6.45) is 1.17. The van der Waals surface area contributed by atoms with Crippen molar-refractivity contribution in [3.8, 4) is 0 Å². The number of hydrogen-bond acceptors (Lipinski definition) is 9. The molecule has 4 aliphatic heterocycles. The van der Waals surface area contributed by atoms with E-state index in [0.29, 0.717) is 52.9 Å². The highest BCUT2D eigenvalue weighted by Gasteiger charge is 2.54. The van der Waals surface area contributed by atoms with Crippen LogP contribution in [0.15, 0.2) is 0 Å². The molecule has 9 heteroatoms. The third-order valence-corrected chi connectivity index (χ3v) is 6.37. The van der Waals surface area contributed by atoms with E-state index in [1.807, 2.05) is 0 Å². The first-order valence-corrected chi connectivity index (χ1v) is 10.6. The lowest BCUT2D eigenvalue weighted by molar-refractivity contribution is -0.202. The van der Waals surface area contributed by atoms with Gasteiger partial charge < -0.3 is 18.9 Å². The van der Waals surface area contributed by atoms with Crippen LogP contribution in [0.3, 0.4) is 0 Å². The summed E-state index contributed by atoms with van der Waals surface area (Å²) in [5.74, 6) is 0. The van der Waals surface area contributed by atoms with E-state index in [9.17, 15) is 4.79 Å². The Labute approximate surface area is 167 Å². The number of nitrogens with zero attached hydrogens (tertiary/aromatic N) is 4. The molecule has 0 aromatic carbocycles. The zero-order valence-corrected chi connectivity index (χ0v) is 16.8. The van der Waals surface area contributed by atoms with Crippen LogP contribution < -0.4 is 0 Å². The lowest BCUT2D eigenvalue weighted by atomic mass is 9.97. The van der Waals surface area contributed by atoms with Crippen LogP contribution in [0.25, 0.3) is 0 Å². The van der Waals surface area contributed by atoms with Crippen LogP contribution in [-0.2, 0) is 23.7 Å². The van der Waals surface area contributed by atoms with Crippen molar-refractivity contribution in [1.82, 2.24) is 19.6 Å². The Morgan fingerprint density at radius 3 is 1.21 bits per heavy atom. The Bertz CT molecular complexity index is 451. The fourth-order valence-electron chi connectivity index (χ4n) is 4.99. The monoisotopic (exact) mass is 398 g/mol. The summed E-state index contributed by atoms with van der Waals surface area (Å²) in [5.41, 5.74) is -0.720. The predicted octanol–water partition coefficient (Wildman–Crippen LogP) is -1.46. The van der Waals surface area contributed by atoms with Crippen LogP contribution in [0.4, 0.5) is 0 Å². The minimum atomic E-state index is -0.720. The van der Waals surface area contributed by atoms with Crippen molar-refractivity contribution >= 4 is 6.29 Å². The van der Waals surface area contributed by atoms with Crippen molar-refractivity contribution in [2.24, 2.45) is 0 Å². The van der Waals surface area contributed by atoms with Crippen LogP contribution in [0, 0.1) is 0 Å². The van der Waals surface area contributed by atoms with Gasteiger partial charge in [0.05, 0.1) is 52.9 Å². The number of ether oxygens (including phenoxy) is 4. The molecule has 4 aliphatic rings. The van der Waals surface area contributed by atoms with Crippen molar-refractivity contribution in [3.63, 3.8) is 0 Å². The maximum Gasteiger partial charge on any atom is 0.161 e. The Balaban J connectivity index is 1.72. The molecule has 0 radical (unpaired) electrons. The largest absolute Gasteiger partial charge is 0.379 e. The van der Waals surface area contributed by atoms with E-state index < -0.39 is 5.66 Å². The van der Waals surface area contributed by atoms with Crippen molar-refractivity contribution in [2.45, 2.75) is 11.8 Å². The Hall–Kier alpha value is -0.650. The fourth-order valence-corrected chi connectivity index (χ4v) is 4.99. The van der Waals surface area contributed by atoms with Crippen molar-refractivity contribution < 1.29 is 23.7 Å². The van der Waals surface area contributed by atoms with Gasteiger partial charge in [-0.3, -0.25) is 24.4 Å². The van der Waals surface area contributed by atoms with Gasteiger partial charge in [0, 0.05) is 52.4 Å². The Morgan fingerprint density at radius 2 is 0.893 bits per heavy atom. The molecule has 0 N–H and O–H groups in total. The first kappa shape index (κ1) is 20.6. The Kier molecular flexibility index (Phi) is 7.29. The molecule has 0 atom stereocenters. The van der Waals surface area contributed by atoms with Crippen LogP contribution in [-0.4, -0.2) is 143 Å². The number of morpholine rings is 4. The van der Waals surface area contributed by atoms with E-state index in [2.05, 4.69) is 19.6 Å². The molecular formula is C19H34N4O5. The zero-order chi connectivity index (χ0) is 19.2. The van der Waals surface area contributed by atoms with Crippen molar-refractivity contribution in [1.29, 1.82) is 0 Å². The molecule has 4 heterocycles. The summed E-state index contributed by atoms with van der Waals surface area (Å²) in [5, 5.41) is 0. The molecule has 4 fully saturated rings. The molecule has 0 unspecified atom stereocenters. The van der Waals surface area contributed by atoms with Gasteiger partial charge in [-0.05, 0) is 0 Å². The predicted molar refractivity (Wildman–Crippen MR) is 102 cm³/mol. The van der Waals surface area contributed by atoms with Crippen LogP contribution >= 0.6 is 0 Å². The van der Waals surface area contributed by atoms with Gasteiger partial charge >= 0.3 is 0 Å². The maximum absolute atomic E-state index is 13.1. The van der Waals surface area contributed by atoms with E-state index in [4.69, 9.17) is 18.9 Å². The summed E-state index contributed by atoms with van der Waals surface area (Å²) >= 11 is 0. The van der Waals surface area contributed by atoms with Crippen LogP contribution in [0.5, 0.6) is 0 Å². The van der Waals surface area contributed by atoms with Gasteiger partial charge in [0.25, 0.3) is 0 Å². The molecule has 0 saturated carbocycles. The molecule has 4 rings (SSSR count). The van der Waals surface area contributed by atoms with E-state index in [1.54, 1.807) is 0 Å². The molecule has 0 aromatic rings. The van der Waals surface area contributed by atoms with Crippen molar-refractivity contribution in [2.75, 3.05) is 105 Å². The molecule has 4 saturated heterocycles. The first-order valence-electron chi connectivity index (χ1n) is 10.6. The van der Waals surface area contributed by atoms with Crippen LogP contribution in [0.1, 0.15) is 0 Å². The quantitative estimate of drug-likeness (QED) is 0.499. The average Bonchev–Trinajstić information content (AvgIpc) is 2.80. The molecule has 160 valence electrons. The Morgan fingerprint density at radius 1 is 0.571 bits per heavy atom. The summed E-state index contributed by atoms with van der Waals surface area (Å²) in [6, 6.07) is 0. The normalized spacial score (nSPS) is 27.9. The zero-order valence-electron chi connectivity index (χ0n) is 16.8. The summed E-state index contributed by atoms with van der Waals surface area (Å²) in [6.45, 7) is 11.9. The third-order valence-electron chi connectivity index (χ3n) is 6.37. The van der Waals surface area contributed by atoms with Gasteiger partial charge in [0.1, 0.15) is 6.17 Å². The minimum absolute atomic E-state index is 0.0333. The minimum Gasteiger partial charge on any atom is -0.379 e. The van der Waals surface area contributed by atoms with Gasteiger partial charge in [-0.1, -0.05) is 0 Å². The molecule has 0 amide bonds. The second-order valence-corrected chi connectivity index (χ2v) is 7.77. The lowest BCUT2D eigenvalue weighted by Gasteiger charge is -2.58. The summed E-state index contributed by atoms with van der Waals surface area (Å²) < 4.78 is 22.5. The number of aldehydes is 1. The van der Waals surface area contributed by atoms with Gasteiger partial charge in [-0.15, -0.1) is 0 Å². The summed E-state index contributed by atoms with van der Waals surface area (Å²) in [4.78, 5) is 22.7. The van der Waals surface area contributed by atoms with E-state index in [1.165, 1.54) is 6.29 Å². The lowest BCUT2D eigenvalue weighted by Crippen LogP contribution is -2.79. The average molecular weight is 399 g/mol. The third kappa shape index (κ3) is 4.13. The molecule has 28 heavy (non-hydrogen) atoms. The number of rotatable bonds is 6. The molecule has 0 aliphatic carbocycles. The fraction of sp³-hybridized carbons (Fsp3) is 0.947. The highest BCUT2D eigenvalue weighted by molar-refractivity contribution is 5.65. The standard InChI is InChI=1S/C19H34N4O5/c24-17-19(22-5-13-27-14-6-22,23-7-15-28-16-8-23)18(20-1-9-25-10-2-20)21-3-11-26-12-4-21/h17-18H,1-16H2. The molecular weight excluding hydrogens is 364 g/mol. The van der Waals surface area contributed by atoms with Gasteiger partial charge in [-0.25, -0.2) is 0 Å². The first-order chi connectivity index (χ1) is 13.9. The van der Waals surface area contributed by atoms with Crippen LogP contribution in [0.2, 0.25) is 0 Å². The molecule has 0 spiro atoms. The van der Waals surface area contributed by atoms with E-state index in [0.717, 1.165) is 52.4 Å². The topological polar surface area (TPSA) is 67.0 Å². The van der Waals surface area contributed by atoms with Gasteiger partial charge in [-0.2, -0.15) is 0 Å². The van der Waals surface area contributed by atoms with E-state index >= 15 is 0 Å². The SMILES string of the molecule is O=CC(C(N1CCOCC1)N1CCOCC1)(N1CCOCC1)N1CCOCC1. The molecule has 0 bridgehead atoms. The highest BCUT2D eigenvalue weighted by Crippen LogP contribution is 2.32.